The van der Waals surface area contributed by atoms with E-state index in [1.807, 2.05) is 24.3 Å². The molecular formula is C21H22O4. The Kier molecular flexibility index (Phi) is 4.91. The van der Waals surface area contributed by atoms with Gasteiger partial charge in [0.25, 0.3) is 0 Å². The molecule has 1 aliphatic rings. The molecule has 0 bridgehead atoms. The average molecular weight is 338 g/mol. The predicted octanol–water partition coefficient (Wildman–Crippen LogP) is 4.24. The lowest BCUT2D eigenvalue weighted by molar-refractivity contribution is 0.0697. The van der Waals surface area contributed by atoms with Gasteiger partial charge >= 0.3 is 5.97 Å². The molecule has 25 heavy (non-hydrogen) atoms. The minimum atomic E-state index is -0.914. The fourth-order valence-electron chi connectivity index (χ4n) is 3.17. The molecule has 4 heteroatoms. The summed E-state index contributed by atoms with van der Waals surface area (Å²) in [6, 6.07) is 13.0. The summed E-state index contributed by atoms with van der Waals surface area (Å²) in [4.78, 5) is 10.9. The molecule has 3 rings (SSSR count). The van der Waals surface area contributed by atoms with E-state index < -0.39 is 5.97 Å². The van der Waals surface area contributed by atoms with Crippen molar-refractivity contribution in [2.45, 2.75) is 18.8 Å². The number of carbonyl (C=O) groups is 1. The molecule has 2 aromatic carbocycles. The number of hydrogen-bond acceptors (Lipinski definition) is 3. The smallest absolute Gasteiger partial charge is 0.335 e. The van der Waals surface area contributed by atoms with Crippen molar-refractivity contribution in [2.24, 2.45) is 0 Å². The van der Waals surface area contributed by atoms with Crippen molar-refractivity contribution in [2.75, 3.05) is 20.3 Å². The summed E-state index contributed by atoms with van der Waals surface area (Å²) in [7, 11) is 1.73. The Hall–Kier alpha value is -2.59. The standard InChI is InChI=1S/C21H22O4/c1-21(14-24-2)11-12-25-19-10-7-16(13-18(19)21)4-3-15-5-8-17(9-6-15)20(22)23/h3-10,13H,11-12,14H2,1-2H3,(H,22,23). The molecule has 2 aromatic rings. The molecule has 0 fully saturated rings. The highest BCUT2D eigenvalue weighted by Gasteiger charge is 2.33. The van der Waals surface area contributed by atoms with E-state index in [4.69, 9.17) is 14.6 Å². The highest BCUT2D eigenvalue weighted by Crippen LogP contribution is 2.39. The van der Waals surface area contributed by atoms with Gasteiger partial charge in [0.05, 0.1) is 18.8 Å². The van der Waals surface area contributed by atoms with E-state index in [0.717, 1.165) is 23.3 Å². The molecule has 1 N–H and O–H groups in total. The topological polar surface area (TPSA) is 55.8 Å². The molecule has 1 heterocycles. The lowest BCUT2D eigenvalue weighted by Gasteiger charge is -2.35. The SMILES string of the molecule is COCC1(C)CCOc2ccc(C=Cc3ccc(C(=O)O)cc3)cc21. The van der Waals surface area contributed by atoms with Crippen LogP contribution < -0.4 is 4.74 Å². The summed E-state index contributed by atoms with van der Waals surface area (Å²) < 4.78 is 11.2. The average Bonchev–Trinajstić information content (AvgIpc) is 2.61. The zero-order valence-electron chi connectivity index (χ0n) is 14.5. The summed E-state index contributed by atoms with van der Waals surface area (Å²) in [5.74, 6) is 0.0106. The van der Waals surface area contributed by atoms with Crippen LogP contribution in [0.25, 0.3) is 12.2 Å². The molecule has 0 saturated carbocycles. The summed E-state index contributed by atoms with van der Waals surface area (Å²) in [5.41, 5.74) is 3.45. The Labute approximate surface area is 147 Å². The number of methoxy groups -OCH3 is 1. The van der Waals surface area contributed by atoms with Gasteiger partial charge in [0.1, 0.15) is 5.75 Å². The van der Waals surface area contributed by atoms with Crippen LogP contribution in [0.4, 0.5) is 0 Å². The lowest BCUT2D eigenvalue weighted by Crippen LogP contribution is -2.34. The second kappa shape index (κ2) is 7.11. The fraction of sp³-hybridized carbons (Fsp3) is 0.286. The third-order valence-corrected chi connectivity index (χ3v) is 4.65. The number of benzene rings is 2. The zero-order valence-corrected chi connectivity index (χ0v) is 14.5. The van der Waals surface area contributed by atoms with E-state index in [9.17, 15) is 4.79 Å². The molecule has 0 spiro atoms. The maximum atomic E-state index is 10.9. The molecule has 0 saturated heterocycles. The van der Waals surface area contributed by atoms with Gasteiger partial charge < -0.3 is 14.6 Å². The Morgan fingerprint density at radius 2 is 1.88 bits per heavy atom. The van der Waals surface area contributed by atoms with E-state index in [2.05, 4.69) is 13.0 Å². The molecule has 0 radical (unpaired) electrons. The largest absolute Gasteiger partial charge is 0.493 e. The van der Waals surface area contributed by atoms with Crippen molar-refractivity contribution in [1.82, 2.24) is 0 Å². The van der Waals surface area contributed by atoms with Crippen molar-refractivity contribution < 1.29 is 19.4 Å². The Morgan fingerprint density at radius 1 is 1.20 bits per heavy atom. The van der Waals surface area contributed by atoms with Crippen LogP contribution in [0.15, 0.2) is 42.5 Å². The number of hydrogen-bond donors (Lipinski definition) is 1. The first kappa shape index (κ1) is 17.2. The first-order valence-electron chi connectivity index (χ1n) is 8.29. The summed E-state index contributed by atoms with van der Waals surface area (Å²) in [5, 5.41) is 8.95. The maximum absolute atomic E-state index is 10.9. The summed E-state index contributed by atoms with van der Waals surface area (Å²) in [6.07, 6.45) is 4.93. The van der Waals surface area contributed by atoms with E-state index >= 15 is 0 Å². The van der Waals surface area contributed by atoms with Crippen LogP contribution in [0.2, 0.25) is 0 Å². The summed E-state index contributed by atoms with van der Waals surface area (Å²) >= 11 is 0. The number of fused-ring (bicyclic) bond motifs is 1. The lowest BCUT2D eigenvalue weighted by atomic mass is 9.78. The van der Waals surface area contributed by atoms with Gasteiger partial charge in [-0.05, 0) is 41.8 Å². The van der Waals surface area contributed by atoms with E-state index in [0.29, 0.717) is 18.8 Å². The molecule has 0 aliphatic carbocycles. The highest BCUT2D eigenvalue weighted by molar-refractivity contribution is 5.88. The van der Waals surface area contributed by atoms with Gasteiger partial charge in [-0.1, -0.05) is 37.3 Å². The van der Waals surface area contributed by atoms with Crippen LogP contribution >= 0.6 is 0 Å². The van der Waals surface area contributed by atoms with Crippen molar-refractivity contribution >= 4 is 18.1 Å². The molecular weight excluding hydrogens is 316 g/mol. The molecule has 0 aromatic heterocycles. The van der Waals surface area contributed by atoms with Gasteiger partial charge in [-0.15, -0.1) is 0 Å². The van der Waals surface area contributed by atoms with Gasteiger partial charge in [0.15, 0.2) is 0 Å². The van der Waals surface area contributed by atoms with Gasteiger partial charge in [0.2, 0.25) is 0 Å². The van der Waals surface area contributed by atoms with Crippen molar-refractivity contribution in [1.29, 1.82) is 0 Å². The number of carboxylic acids is 1. The van der Waals surface area contributed by atoms with Crippen LogP contribution in [0, 0.1) is 0 Å². The second-order valence-electron chi connectivity index (χ2n) is 6.61. The van der Waals surface area contributed by atoms with Crippen LogP contribution in [-0.2, 0) is 10.2 Å². The third kappa shape index (κ3) is 3.74. The number of rotatable bonds is 5. The van der Waals surface area contributed by atoms with Gasteiger partial charge in [-0.2, -0.15) is 0 Å². The molecule has 130 valence electrons. The van der Waals surface area contributed by atoms with Gasteiger partial charge in [-0.3, -0.25) is 0 Å². The van der Waals surface area contributed by atoms with E-state index in [-0.39, 0.29) is 5.41 Å². The highest BCUT2D eigenvalue weighted by atomic mass is 16.5. The number of carboxylic acid groups (broad SMARTS) is 1. The minimum absolute atomic E-state index is 0.0463. The zero-order chi connectivity index (χ0) is 17.9. The molecule has 4 nitrogen and oxygen atoms in total. The first-order chi connectivity index (χ1) is 12.0. The summed E-state index contributed by atoms with van der Waals surface area (Å²) in [6.45, 7) is 3.57. The van der Waals surface area contributed by atoms with Crippen molar-refractivity contribution in [3.05, 3.63) is 64.7 Å². The number of aromatic carboxylic acids is 1. The first-order valence-corrected chi connectivity index (χ1v) is 8.29. The van der Waals surface area contributed by atoms with Crippen LogP contribution in [-0.4, -0.2) is 31.4 Å². The molecule has 1 unspecified atom stereocenters. The second-order valence-corrected chi connectivity index (χ2v) is 6.61. The van der Waals surface area contributed by atoms with Crippen LogP contribution in [0.5, 0.6) is 5.75 Å². The van der Waals surface area contributed by atoms with Gasteiger partial charge in [0, 0.05) is 18.1 Å². The van der Waals surface area contributed by atoms with Crippen LogP contribution in [0.1, 0.15) is 40.4 Å². The molecule has 1 atom stereocenters. The monoisotopic (exact) mass is 338 g/mol. The van der Waals surface area contributed by atoms with Crippen molar-refractivity contribution in [3.8, 4) is 5.75 Å². The van der Waals surface area contributed by atoms with E-state index in [1.54, 1.807) is 31.4 Å². The Bertz CT molecular complexity index is 792. The van der Waals surface area contributed by atoms with Crippen molar-refractivity contribution in [3.63, 3.8) is 0 Å². The van der Waals surface area contributed by atoms with Crippen LogP contribution in [0.3, 0.4) is 0 Å². The Morgan fingerprint density at radius 3 is 2.56 bits per heavy atom. The predicted molar refractivity (Wildman–Crippen MR) is 98.1 cm³/mol. The quantitative estimate of drug-likeness (QED) is 0.829. The number of ether oxygens (including phenoxy) is 2. The molecule has 1 aliphatic heterocycles. The third-order valence-electron chi connectivity index (χ3n) is 4.65. The van der Waals surface area contributed by atoms with E-state index in [1.165, 1.54) is 5.56 Å². The maximum Gasteiger partial charge on any atom is 0.335 e. The Balaban J connectivity index is 1.85. The minimum Gasteiger partial charge on any atom is -0.493 e. The normalized spacial score (nSPS) is 19.4. The molecule has 0 amide bonds. The van der Waals surface area contributed by atoms with Gasteiger partial charge in [-0.25, -0.2) is 4.79 Å². The fourth-order valence-corrected chi connectivity index (χ4v) is 3.17.